The Bertz CT molecular complexity index is 1440. The molecule has 0 bridgehead atoms. The summed E-state index contributed by atoms with van der Waals surface area (Å²) in [5, 5.41) is 4.51. The van der Waals surface area contributed by atoms with Crippen molar-refractivity contribution in [2.45, 2.75) is 70.2 Å². The summed E-state index contributed by atoms with van der Waals surface area (Å²) in [6.45, 7) is 13.7. The van der Waals surface area contributed by atoms with Crippen LogP contribution in [0.4, 0.5) is 0 Å². The summed E-state index contributed by atoms with van der Waals surface area (Å²) in [4.78, 5) is 12.7. The average Bonchev–Trinajstić information content (AvgIpc) is 3.40. The maximum atomic E-state index is 12.7. The molecule has 4 aromatic rings. The molecule has 1 aliphatic rings. The maximum Gasteiger partial charge on any atom is 0.261 e. The number of hydrogen-bond donors (Lipinski definition) is 0. The van der Waals surface area contributed by atoms with Gasteiger partial charge in [0.15, 0.2) is 0 Å². The largest absolute Gasteiger partial charge is 0.401 e. The number of rotatable bonds is 9. The molecule has 0 fully saturated rings. The Morgan fingerprint density at radius 3 is 1.19 bits per heavy atom. The van der Waals surface area contributed by atoms with E-state index in [0.717, 1.165) is 6.29 Å². The van der Waals surface area contributed by atoms with Crippen LogP contribution in [0.2, 0.25) is 10.1 Å². The van der Waals surface area contributed by atoms with Crippen molar-refractivity contribution in [2.75, 3.05) is 0 Å². The molecular formula is C38H44O3Si2. The predicted octanol–water partition coefficient (Wildman–Crippen LogP) is 6.41. The molecule has 3 nitrogen and oxygen atoms in total. The minimum absolute atomic E-state index is 0.165. The molecule has 0 saturated heterocycles. The Morgan fingerprint density at radius 1 is 0.558 bits per heavy atom. The highest BCUT2D eigenvalue weighted by Gasteiger charge is 2.55. The van der Waals surface area contributed by atoms with Crippen molar-refractivity contribution >= 4 is 43.7 Å². The third-order valence-corrected chi connectivity index (χ3v) is 18.9. The molecule has 0 spiro atoms. The summed E-state index contributed by atoms with van der Waals surface area (Å²) in [6.07, 6.45) is 3.00. The van der Waals surface area contributed by atoms with E-state index in [1.165, 1.54) is 20.7 Å². The summed E-state index contributed by atoms with van der Waals surface area (Å²) >= 11 is 0. The molecule has 1 aliphatic carbocycles. The van der Waals surface area contributed by atoms with Gasteiger partial charge in [-0.25, -0.2) is 0 Å². The quantitative estimate of drug-likeness (QED) is 0.164. The van der Waals surface area contributed by atoms with Gasteiger partial charge in [-0.05, 0) is 36.9 Å². The number of hydrogen-bond acceptors (Lipinski definition) is 3. The van der Waals surface area contributed by atoms with Crippen LogP contribution < -0.4 is 20.7 Å². The average molecular weight is 605 g/mol. The van der Waals surface area contributed by atoms with Crippen molar-refractivity contribution in [1.29, 1.82) is 0 Å². The molecule has 43 heavy (non-hydrogen) atoms. The lowest BCUT2D eigenvalue weighted by atomic mass is 10.2. The molecule has 5 heteroatoms. The molecule has 0 amide bonds. The number of aldehydes is 1. The van der Waals surface area contributed by atoms with E-state index in [2.05, 4.69) is 163 Å². The van der Waals surface area contributed by atoms with Crippen LogP contribution in [0.5, 0.6) is 0 Å². The van der Waals surface area contributed by atoms with Crippen molar-refractivity contribution < 1.29 is 13.6 Å². The second-order valence-electron chi connectivity index (χ2n) is 13.6. The molecule has 0 heterocycles. The van der Waals surface area contributed by atoms with Crippen LogP contribution in [0.25, 0.3) is 0 Å². The molecule has 4 aromatic carbocycles. The highest BCUT2D eigenvalue weighted by molar-refractivity contribution is 7.00. The SMILES string of the molecule is CC(C)(C)[Si](O[C@@H]1C=C(C=O)[C@H](O[Si](c2ccccc2)(c2ccccc2)C(C)(C)C)C1)(c1ccccc1)c1ccccc1. The lowest BCUT2D eigenvalue weighted by Gasteiger charge is -2.46. The third kappa shape index (κ3) is 5.79. The van der Waals surface area contributed by atoms with E-state index in [4.69, 9.17) is 8.85 Å². The van der Waals surface area contributed by atoms with Gasteiger partial charge in [0.25, 0.3) is 16.6 Å². The molecule has 5 rings (SSSR count). The van der Waals surface area contributed by atoms with Gasteiger partial charge < -0.3 is 8.85 Å². The van der Waals surface area contributed by atoms with E-state index in [1.54, 1.807) is 0 Å². The van der Waals surface area contributed by atoms with E-state index in [0.29, 0.717) is 12.0 Å². The van der Waals surface area contributed by atoms with E-state index in [9.17, 15) is 4.79 Å². The van der Waals surface area contributed by atoms with Crippen molar-refractivity contribution in [3.05, 3.63) is 133 Å². The summed E-state index contributed by atoms with van der Waals surface area (Å²) in [6, 6.07) is 42.6. The monoisotopic (exact) mass is 604 g/mol. The Kier molecular flexibility index (Phi) is 8.91. The first-order valence-electron chi connectivity index (χ1n) is 15.3. The summed E-state index contributed by atoms with van der Waals surface area (Å²) < 4.78 is 14.9. The first-order chi connectivity index (χ1) is 20.5. The standard InChI is InChI=1S/C38H44O3Si2/c1-37(2,3)42(32-19-11-7-12-20-32,33-21-13-8-14-22-33)40-31-27-30(29-39)36(28-31)41-43(38(4,5)6,34-23-15-9-16-24-34)35-25-17-10-18-26-35/h7-27,29,31,36H,28H2,1-6H3/t31-,36-/m1/s1. The van der Waals surface area contributed by atoms with Crippen LogP contribution in [0, 0.1) is 0 Å². The third-order valence-electron chi connectivity index (χ3n) is 8.81. The molecule has 2 atom stereocenters. The van der Waals surface area contributed by atoms with Crippen LogP contribution in [0.3, 0.4) is 0 Å². The second-order valence-corrected chi connectivity index (χ2v) is 22.1. The van der Waals surface area contributed by atoms with Gasteiger partial charge in [0.05, 0.1) is 12.2 Å². The lowest BCUT2D eigenvalue weighted by Crippen LogP contribution is -2.68. The molecule has 0 N–H and O–H groups in total. The van der Waals surface area contributed by atoms with Gasteiger partial charge in [-0.15, -0.1) is 0 Å². The molecule has 0 radical (unpaired) electrons. The maximum absolute atomic E-state index is 12.7. The normalized spacial score (nSPS) is 17.9. The molecule has 0 saturated carbocycles. The Hall–Kier alpha value is -3.36. The minimum atomic E-state index is -2.87. The fraction of sp³-hybridized carbons (Fsp3) is 0.289. The van der Waals surface area contributed by atoms with Crippen LogP contribution in [-0.2, 0) is 13.6 Å². The van der Waals surface area contributed by atoms with Crippen molar-refractivity contribution in [3.63, 3.8) is 0 Å². The minimum Gasteiger partial charge on any atom is -0.401 e. The molecule has 0 aromatic heterocycles. The fourth-order valence-corrected chi connectivity index (χ4v) is 16.2. The fourth-order valence-electron chi connectivity index (χ4n) is 6.87. The number of carbonyl (C=O) groups is 1. The second kappa shape index (κ2) is 12.3. The first-order valence-corrected chi connectivity index (χ1v) is 19.1. The first kappa shape index (κ1) is 31.1. The van der Waals surface area contributed by atoms with Gasteiger partial charge in [-0.1, -0.05) is 163 Å². The predicted molar refractivity (Wildman–Crippen MR) is 184 cm³/mol. The molecule has 0 aliphatic heterocycles. The lowest BCUT2D eigenvalue weighted by molar-refractivity contribution is -0.105. The smallest absolute Gasteiger partial charge is 0.261 e. The van der Waals surface area contributed by atoms with Gasteiger partial charge >= 0.3 is 0 Å². The summed E-state index contributed by atoms with van der Waals surface area (Å²) in [7, 11) is -5.68. The van der Waals surface area contributed by atoms with Gasteiger partial charge in [0, 0.05) is 12.0 Å². The molecular weight excluding hydrogens is 561 g/mol. The Balaban J connectivity index is 1.59. The summed E-state index contributed by atoms with van der Waals surface area (Å²) in [5.41, 5.74) is 0.677. The van der Waals surface area contributed by atoms with E-state index >= 15 is 0 Å². The van der Waals surface area contributed by atoms with Gasteiger partial charge in [-0.3, -0.25) is 4.79 Å². The Morgan fingerprint density at radius 2 is 0.884 bits per heavy atom. The zero-order chi connectivity index (χ0) is 30.7. The van der Waals surface area contributed by atoms with E-state index in [1.807, 2.05) is 6.08 Å². The molecule has 222 valence electrons. The topological polar surface area (TPSA) is 35.5 Å². The number of carbonyl (C=O) groups excluding carboxylic acids is 1. The van der Waals surface area contributed by atoms with Gasteiger partial charge in [0.1, 0.15) is 6.29 Å². The summed E-state index contributed by atoms with van der Waals surface area (Å²) in [5.74, 6) is 0. The Labute approximate surface area is 259 Å². The van der Waals surface area contributed by atoms with Crippen molar-refractivity contribution in [3.8, 4) is 0 Å². The van der Waals surface area contributed by atoms with Crippen molar-refractivity contribution in [1.82, 2.24) is 0 Å². The zero-order valence-electron chi connectivity index (χ0n) is 26.3. The zero-order valence-corrected chi connectivity index (χ0v) is 28.3. The van der Waals surface area contributed by atoms with Crippen LogP contribution in [-0.4, -0.2) is 35.1 Å². The van der Waals surface area contributed by atoms with Crippen LogP contribution in [0.1, 0.15) is 48.0 Å². The van der Waals surface area contributed by atoms with E-state index in [-0.39, 0.29) is 22.3 Å². The molecule has 0 unspecified atom stereocenters. The number of benzene rings is 4. The highest BCUT2D eigenvalue weighted by Crippen LogP contribution is 2.42. The van der Waals surface area contributed by atoms with Gasteiger partial charge in [0.2, 0.25) is 0 Å². The van der Waals surface area contributed by atoms with Crippen molar-refractivity contribution in [2.24, 2.45) is 0 Å². The van der Waals surface area contributed by atoms with E-state index < -0.39 is 16.6 Å². The highest BCUT2D eigenvalue weighted by atomic mass is 28.4. The van der Waals surface area contributed by atoms with Gasteiger partial charge in [-0.2, -0.15) is 0 Å². The van der Waals surface area contributed by atoms with Crippen LogP contribution >= 0.6 is 0 Å². The van der Waals surface area contributed by atoms with Crippen LogP contribution in [0.15, 0.2) is 133 Å².